The first-order valence-electron chi connectivity index (χ1n) is 12.3. The lowest BCUT2D eigenvalue weighted by atomic mass is 9.48. The quantitative estimate of drug-likeness (QED) is 0.507. The molecule has 2 aromatic rings. The Balaban J connectivity index is 1.35. The van der Waals surface area contributed by atoms with E-state index in [4.69, 9.17) is 11.6 Å². The average Bonchev–Trinajstić information content (AvgIpc) is 2.76. The van der Waals surface area contributed by atoms with E-state index in [9.17, 15) is 13.2 Å². The molecular weight excluding hydrogens is 468 g/mol. The smallest absolute Gasteiger partial charge is 0.248 e. The third kappa shape index (κ3) is 4.47. The van der Waals surface area contributed by atoms with Gasteiger partial charge in [0.15, 0.2) is 0 Å². The Kier molecular flexibility index (Phi) is 6.18. The number of halogens is 1. The number of anilines is 2. The lowest BCUT2D eigenvalue weighted by Crippen LogP contribution is -2.48. The highest BCUT2D eigenvalue weighted by atomic mass is 35.5. The monoisotopic (exact) mass is 500 g/mol. The molecule has 7 heteroatoms. The van der Waals surface area contributed by atoms with E-state index in [2.05, 4.69) is 17.4 Å². The molecule has 182 valence electrons. The molecule has 0 aromatic heterocycles. The zero-order chi connectivity index (χ0) is 24.1. The minimum Gasteiger partial charge on any atom is -0.324 e. The third-order valence-electron chi connectivity index (χ3n) is 8.20. The summed E-state index contributed by atoms with van der Waals surface area (Å²) in [4.78, 5) is 13.2. The summed E-state index contributed by atoms with van der Waals surface area (Å²) in [6, 6.07) is 14.0. The molecular formula is C27H33ClN2O3S. The molecule has 4 fully saturated rings. The van der Waals surface area contributed by atoms with E-state index in [0.717, 1.165) is 28.3 Å². The number of hydrogen-bond donors (Lipinski definition) is 1. The van der Waals surface area contributed by atoms with Gasteiger partial charge in [-0.25, -0.2) is 8.42 Å². The van der Waals surface area contributed by atoms with Gasteiger partial charge in [0.25, 0.3) is 0 Å². The molecule has 4 saturated carbocycles. The Bertz CT molecular complexity index is 1140. The molecule has 1 N–H and O–H groups in total. The van der Waals surface area contributed by atoms with Crippen LogP contribution >= 0.6 is 11.6 Å². The molecule has 2 aromatic carbocycles. The van der Waals surface area contributed by atoms with Crippen LogP contribution in [0.25, 0.3) is 0 Å². The molecule has 5 nitrogen and oxygen atoms in total. The maximum Gasteiger partial charge on any atom is 0.248 e. The number of sulfonamides is 1. The van der Waals surface area contributed by atoms with E-state index < -0.39 is 16.1 Å². The van der Waals surface area contributed by atoms with Gasteiger partial charge >= 0.3 is 0 Å². The van der Waals surface area contributed by atoms with Crippen molar-refractivity contribution in [2.24, 2.45) is 17.8 Å². The first-order chi connectivity index (χ1) is 16.2. The van der Waals surface area contributed by atoms with Crippen molar-refractivity contribution in [2.45, 2.75) is 63.3 Å². The van der Waals surface area contributed by atoms with Crippen LogP contribution in [0.15, 0.2) is 48.5 Å². The molecule has 0 saturated heterocycles. The Morgan fingerprint density at radius 3 is 2.15 bits per heavy atom. The predicted molar refractivity (Wildman–Crippen MR) is 138 cm³/mol. The van der Waals surface area contributed by atoms with Gasteiger partial charge in [0.1, 0.15) is 6.04 Å². The van der Waals surface area contributed by atoms with Gasteiger partial charge in [0.05, 0.1) is 11.9 Å². The number of rotatable bonds is 7. The lowest BCUT2D eigenvalue weighted by molar-refractivity contribution is -0.117. The zero-order valence-electron chi connectivity index (χ0n) is 19.8. The van der Waals surface area contributed by atoms with E-state index in [1.54, 1.807) is 24.3 Å². The van der Waals surface area contributed by atoms with Crippen molar-refractivity contribution in [3.63, 3.8) is 0 Å². The summed E-state index contributed by atoms with van der Waals surface area (Å²) in [6.45, 7) is 1.81. The Morgan fingerprint density at radius 2 is 1.65 bits per heavy atom. The first-order valence-corrected chi connectivity index (χ1v) is 14.6. The normalized spacial score (nSPS) is 28.5. The Labute approximate surface area is 207 Å². The minimum atomic E-state index is -3.70. The van der Waals surface area contributed by atoms with Crippen molar-refractivity contribution in [1.82, 2.24) is 0 Å². The summed E-state index contributed by atoms with van der Waals surface area (Å²) >= 11 is 6.10. The third-order valence-corrected chi connectivity index (χ3v) is 9.61. The van der Waals surface area contributed by atoms with E-state index in [1.165, 1.54) is 44.1 Å². The largest absolute Gasteiger partial charge is 0.324 e. The Hall–Kier alpha value is -2.05. The topological polar surface area (TPSA) is 66.5 Å². The molecule has 0 radical (unpaired) electrons. The van der Waals surface area contributed by atoms with Crippen molar-refractivity contribution in [3.05, 3.63) is 59.1 Å². The van der Waals surface area contributed by atoms with E-state index in [1.807, 2.05) is 19.1 Å². The molecule has 0 unspecified atom stereocenters. The van der Waals surface area contributed by atoms with Gasteiger partial charge in [-0.1, -0.05) is 36.7 Å². The highest BCUT2D eigenvalue weighted by Gasteiger charge is 2.51. The molecule has 0 spiro atoms. The standard InChI is InChI=1S/C27H33ClN2O3S/c1-3-25(30(34(2,32)33)24-6-4-5-22(28)14-24)26(31)29-23-9-7-21(8-10-23)27-15-18-11-19(16-27)13-20(12-18)17-27/h4-10,14,18-20,25H,3,11-13,15-17H2,1-2H3,(H,29,31)/t18?,19?,20?,25-,27?/m0/s1. The molecule has 34 heavy (non-hydrogen) atoms. The fraction of sp³-hybridized carbons (Fsp3) is 0.519. The van der Waals surface area contributed by atoms with Crippen LogP contribution in [-0.4, -0.2) is 26.6 Å². The molecule has 1 atom stereocenters. The molecule has 0 aliphatic heterocycles. The molecule has 6 rings (SSSR count). The second kappa shape index (κ2) is 8.87. The summed E-state index contributed by atoms with van der Waals surface area (Å²) in [7, 11) is -3.70. The van der Waals surface area contributed by atoms with Gasteiger partial charge in [-0.2, -0.15) is 0 Å². The molecule has 4 bridgehead atoms. The number of carbonyl (C=O) groups excluding carboxylic acids is 1. The van der Waals surface area contributed by atoms with Crippen molar-refractivity contribution in [2.75, 3.05) is 15.9 Å². The summed E-state index contributed by atoms with van der Waals surface area (Å²) in [5.41, 5.74) is 2.78. The van der Waals surface area contributed by atoms with Crippen molar-refractivity contribution >= 4 is 38.9 Å². The van der Waals surface area contributed by atoms with Gasteiger partial charge in [-0.05, 0) is 104 Å². The number of nitrogens with one attached hydrogen (secondary N) is 1. The summed E-state index contributed by atoms with van der Waals surface area (Å²) in [6.07, 6.45) is 9.57. The molecule has 4 aliphatic rings. The molecule has 4 aliphatic carbocycles. The fourth-order valence-electron chi connectivity index (χ4n) is 7.27. The van der Waals surface area contributed by atoms with E-state index >= 15 is 0 Å². The highest BCUT2D eigenvalue weighted by Crippen LogP contribution is 2.60. The first kappa shape index (κ1) is 23.7. The van der Waals surface area contributed by atoms with Crippen molar-refractivity contribution in [1.29, 1.82) is 0 Å². The van der Waals surface area contributed by atoms with Crippen LogP contribution in [-0.2, 0) is 20.2 Å². The van der Waals surface area contributed by atoms with Gasteiger partial charge in [-0.15, -0.1) is 0 Å². The fourth-order valence-corrected chi connectivity index (χ4v) is 8.66. The van der Waals surface area contributed by atoms with E-state index in [0.29, 0.717) is 28.2 Å². The zero-order valence-corrected chi connectivity index (χ0v) is 21.4. The number of hydrogen-bond acceptors (Lipinski definition) is 3. The predicted octanol–water partition coefficient (Wildman–Crippen LogP) is 5.99. The number of benzene rings is 2. The van der Waals surface area contributed by atoms with Gasteiger partial charge in [0, 0.05) is 10.7 Å². The maximum atomic E-state index is 13.2. The lowest BCUT2D eigenvalue weighted by Gasteiger charge is -2.57. The van der Waals surface area contributed by atoms with Crippen LogP contribution in [0.5, 0.6) is 0 Å². The molecule has 0 heterocycles. The Morgan fingerprint density at radius 1 is 1.06 bits per heavy atom. The molecule has 1 amide bonds. The van der Waals surface area contributed by atoms with Gasteiger partial charge < -0.3 is 5.32 Å². The van der Waals surface area contributed by atoms with Crippen molar-refractivity contribution in [3.8, 4) is 0 Å². The summed E-state index contributed by atoms with van der Waals surface area (Å²) < 4.78 is 26.5. The summed E-state index contributed by atoms with van der Waals surface area (Å²) in [5, 5.41) is 3.37. The second-order valence-electron chi connectivity index (χ2n) is 10.7. The van der Waals surface area contributed by atoms with Gasteiger partial charge in [0.2, 0.25) is 15.9 Å². The van der Waals surface area contributed by atoms with Crippen LogP contribution in [0.1, 0.15) is 57.4 Å². The van der Waals surface area contributed by atoms with Crippen LogP contribution in [0.2, 0.25) is 5.02 Å². The highest BCUT2D eigenvalue weighted by molar-refractivity contribution is 7.92. The van der Waals surface area contributed by atoms with Crippen LogP contribution < -0.4 is 9.62 Å². The average molecular weight is 501 g/mol. The maximum absolute atomic E-state index is 13.2. The van der Waals surface area contributed by atoms with Crippen LogP contribution in [0.4, 0.5) is 11.4 Å². The van der Waals surface area contributed by atoms with Crippen LogP contribution in [0.3, 0.4) is 0 Å². The summed E-state index contributed by atoms with van der Waals surface area (Å²) in [5.74, 6) is 2.29. The SMILES string of the molecule is CC[C@@H](C(=O)Nc1ccc(C23CC4CC(CC(C4)C2)C3)cc1)N(c1cccc(Cl)c1)S(C)(=O)=O. The second-order valence-corrected chi connectivity index (χ2v) is 13.0. The number of amides is 1. The minimum absolute atomic E-state index is 0.308. The van der Waals surface area contributed by atoms with E-state index in [-0.39, 0.29) is 5.91 Å². The van der Waals surface area contributed by atoms with Gasteiger partial charge in [-0.3, -0.25) is 9.10 Å². The number of carbonyl (C=O) groups is 1. The van der Waals surface area contributed by atoms with Crippen LogP contribution in [0, 0.1) is 17.8 Å². The number of nitrogens with zero attached hydrogens (tertiary/aromatic N) is 1. The van der Waals surface area contributed by atoms with Crippen molar-refractivity contribution < 1.29 is 13.2 Å².